The highest BCUT2D eigenvalue weighted by Crippen LogP contribution is 2.18. The number of nitrogens with one attached hydrogen (secondary N) is 2. The SMILES string of the molecule is CN=C(NC)NCC(C)(O)c1ccccc1. The summed E-state index contributed by atoms with van der Waals surface area (Å²) in [4.78, 5) is 3.99. The largest absolute Gasteiger partial charge is 0.384 e. The Bertz CT molecular complexity index is 347. The minimum absolute atomic E-state index is 0.407. The molecule has 0 aliphatic rings. The first kappa shape index (κ1) is 12.5. The highest BCUT2D eigenvalue weighted by atomic mass is 16.3. The van der Waals surface area contributed by atoms with Crippen LogP contribution in [0, 0.1) is 0 Å². The monoisotopic (exact) mass is 221 g/mol. The van der Waals surface area contributed by atoms with Crippen molar-refractivity contribution in [2.45, 2.75) is 12.5 Å². The molecule has 3 N–H and O–H groups in total. The maximum Gasteiger partial charge on any atom is 0.190 e. The van der Waals surface area contributed by atoms with Gasteiger partial charge < -0.3 is 15.7 Å². The summed E-state index contributed by atoms with van der Waals surface area (Å²) in [5.74, 6) is 0.663. The molecule has 1 unspecified atom stereocenters. The smallest absolute Gasteiger partial charge is 0.190 e. The third-order valence-electron chi connectivity index (χ3n) is 2.46. The normalized spacial score (nSPS) is 15.4. The lowest BCUT2D eigenvalue weighted by Crippen LogP contribution is -2.43. The van der Waals surface area contributed by atoms with Crippen molar-refractivity contribution in [3.63, 3.8) is 0 Å². The molecule has 1 rings (SSSR count). The van der Waals surface area contributed by atoms with E-state index in [2.05, 4.69) is 15.6 Å². The van der Waals surface area contributed by atoms with E-state index in [9.17, 15) is 5.11 Å². The molecule has 0 saturated carbocycles. The molecule has 0 aromatic heterocycles. The summed E-state index contributed by atoms with van der Waals surface area (Å²) in [6.07, 6.45) is 0. The van der Waals surface area contributed by atoms with Gasteiger partial charge in [-0.2, -0.15) is 0 Å². The molecule has 0 amide bonds. The molecule has 0 heterocycles. The first-order chi connectivity index (χ1) is 7.60. The summed E-state index contributed by atoms with van der Waals surface area (Å²) < 4.78 is 0. The van der Waals surface area contributed by atoms with E-state index in [0.29, 0.717) is 12.5 Å². The lowest BCUT2D eigenvalue weighted by Gasteiger charge is -2.25. The van der Waals surface area contributed by atoms with Gasteiger partial charge in [-0.3, -0.25) is 4.99 Å². The highest BCUT2D eigenvalue weighted by Gasteiger charge is 2.22. The molecule has 4 heteroatoms. The van der Waals surface area contributed by atoms with Crippen molar-refractivity contribution in [3.05, 3.63) is 35.9 Å². The van der Waals surface area contributed by atoms with Gasteiger partial charge in [-0.1, -0.05) is 30.3 Å². The van der Waals surface area contributed by atoms with Gasteiger partial charge in [0.25, 0.3) is 0 Å². The van der Waals surface area contributed by atoms with Gasteiger partial charge in [0.2, 0.25) is 0 Å². The average molecular weight is 221 g/mol. The topological polar surface area (TPSA) is 56.7 Å². The number of aliphatic hydroxyl groups is 1. The Kier molecular flexibility index (Phi) is 4.31. The van der Waals surface area contributed by atoms with Crippen molar-refractivity contribution in [1.82, 2.24) is 10.6 Å². The van der Waals surface area contributed by atoms with Crippen molar-refractivity contribution in [1.29, 1.82) is 0 Å². The molecule has 4 nitrogen and oxygen atoms in total. The molecular formula is C12H19N3O. The molecule has 1 atom stereocenters. The van der Waals surface area contributed by atoms with Gasteiger partial charge in [0.15, 0.2) is 5.96 Å². The Labute approximate surface area is 96.4 Å². The molecule has 0 radical (unpaired) electrons. The molecule has 0 fully saturated rings. The van der Waals surface area contributed by atoms with Crippen LogP contribution in [0.5, 0.6) is 0 Å². The van der Waals surface area contributed by atoms with Gasteiger partial charge in [-0.25, -0.2) is 0 Å². The van der Waals surface area contributed by atoms with E-state index in [1.165, 1.54) is 0 Å². The Morgan fingerprint density at radius 3 is 2.50 bits per heavy atom. The zero-order valence-electron chi connectivity index (χ0n) is 9.99. The van der Waals surface area contributed by atoms with Gasteiger partial charge in [0.1, 0.15) is 5.60 Å². The van der Waals surface area contributed by atoms with Gasteiger partial charge in [0, 0.05) is 14.1 Å². The number of guanidine groups is 1. The van der Waals surface area contributed by atoms with Crippen LogP contribution < -0.4 is 10.6 Å². The molecular weight excluding hydrogens is 202 g/mol. The van der Waals surface area contributed by atoms with Crippen molar-refractivity contribution in [2.24, 2.45) is 4.99 Å². The zero-order valence-corrected chi connectivity index (χ0v) is 9.99. The fourth-order valence-electron chi connectivity index (χ4n) is 1.43. The predicted octanol–water partition coefficient (Wildman–Crippen LogP) is 0.689. The van der Waals surface area contributed by atoms with Crippen molar-refractivity contribution in [3.8, 4) is 0 Å². The minimum Gasteiger partial charge on any atom is -0.384 e. The molecule has 0 spiro atoms. The first-order valence-corrected chi connectivity index (χ1v) is 5.26. The van der Waals surface area contributed by atoms with Crippen LogP contribution in [0.1, 0.15) is 12.5 Å². The predicted molar refractivity (Wildman–Crippen MR) is 66.4 cm³/mol. The molecule has 0 saturated heterocycles. The fraction of sp³-hybridized carbons (Fsp3) is 0.417. The minimum atomic E-state index is -0.909. The van der Waals surface area contributed by atoms with Crippen LogP contribution in [0.4, 0.5) is 0 Å². The molecule has 0 aliphatic heterocycles. The Balaban J connectivity index is 2.66. The molecule has 1 aromatic carbocycles. The molecule has 0 aliphatic carbocycles. The zero-order chi connectivity index (χ0) is 12.0. The van der Waals surface area contributed by atoms with E-state index >= 15 is 0 Å². The van der Waals surface area contributed by atoms with Crippen LogP contribution in [0.3, 0.4) is 0 Å². The number of hydrogen-bond acceptors (Lipinski definition) is 2. The Morgan fingerprint density at radius 1 is 1.38 bits per heavy atom. The molecule has 1 aromatic rings. The summed E-state index contributed by atoms with van der Waals surface area (Å²) in [5, 5.41) is 16.2. The molecule has 0 bridgehead atoms. The number of benzene rings is 1. The number of aliphatic imine (C=N–C) groups is 1. The van der Waals surface area contributed by atoms with Crippen molar-refractivity contribution >= 4 is 5.96 Å². The lowest BCUT2D eigenvalue weighted by atomic mass is 9.96. The van der Waals surface area contributed by atoms with E-state index < -0.39 is 5.60 Å². The maximum atomic E-state index is 10.3. The van der Waals surface area contributed by atoms with Crippen molar-refractivity contribution in [2.75, 3.05) is 20.6 Å². The summed E-state index contributed by atoms with van der Waals surface area (Å²) in [5.41, 5.74) is -0.0253. The molecule has 88 valence electrons. The number of nitrogens with zero attached hydrogens (tertiary/aromatic N) is 1. The van der Waals surface area contributed by atoms with Crippen LogP contribution in [0.25, 0.3) is 0 Å². The summed E-state index contributed by atoms with van der Waals surface area (Å²) in [6.45, 7) is 2.18. The summed E-state index contributed by atoms with van der Waals surface area (Å²) in [7, 11) is 3.47. The van der Waals surface area contributed by atoms with E-state index in [1.54, 1.807) is 21.0 Å². The average Bonchev–Trinajstić information content (AvgIpc) is 2.31. The Morgan fingerprint density at radius 2 is 2.00 bits per heavy atom. The first-order valence-electron chi connectivity index (χ1n) is 5.26. The van der Waals surface area contributed by atoms with Gasteiger partial charge in [0.05, 0.1) is 6.54 Å². The van der Waals surface area contributed by atoms with E-state index in [4.69, 9.17) is 0 Å². The Hall–Kier alpha value is -1.55. The fourth-order valence-corrected chi connectivity index (χ4v) is 1.43. The molecule has 16 heavy (non-hydrogen) atoms. The second-order valence-corrected chi connectivity index (χ2v) is 3.82. The van der Waals surface area contributed by atoms with Crippen LogP contribution in [-0.2, 0) is 5.60 Å². The number of hydrogen-bond donors (Lipinski definition) is 3. The van der Waals surface area contributed by atoms with Crippen LogP contribution in [-0.4, -0.2) is 31.7 Å². The van der Waals surface area contributed by atoms with Crippen LogP contribution in [0.15, 0.2) is 35.3 Å². The summed E-state index contributed by atoms with van der Waals surface area (Å²) >= 11 is 0. The van der Waals surface area contributed by atoms with Gasteiger partial charge in [-0.05, 0) is 12.5 Å². The summed E-state index contributed by atoms with van der Waals surface area (Å²) in [6, 6.07) is 9.57. The standard InChI is InChI=1S/C12H19N3O/c1-12(16,9-15-11(13-2)14-3)10-7-5-4-6-8-10/h4-8,16H,9H2,1-3H3,(H2,13,14,15). The van der Waals surface area contributed by atoms with Crippen molar-refractivity contribution < 1.29 is 5.11 Å². The highest BCUT2D eigenvalue weighted by molar-refractivity contribution is 5.79. The third-order valence-corrected chi connectivity index (χ3v) is 2.46. The van der Waals surface area contributed by atoms with E-state index in [-0.39, 0.29) is 0 Å². The van der Waals surface area contributed by atoms with E-state index in [0.717, 1.165) is 5.56 Å². The second kappa shape index (κ2) is 5.51. The van der Waals surface area contributed by atoms with Gasteiger partial charge >= 0.3 is 0 Å². The van der Waals surface area contributed by atoms with Crippen LogP contribution in [0.2, 0.25) is 0 Å². The van der Waals surface area contributed by atoms with Crippen LogP contribution >= 0.6 is 0 Å². The van der Waals surface area contributed by atoms with Gasteiger partial charge in [-0.15, -0.1) is 0 Å². The van der Waals surface area contributed by atoms with E-state index in [1.807, 2.05) is 30.3 Å². The number of rotatable bonds is 3. The second-order valence-electron chi connectivity index (χ2n) is 3.82. The third kappa shape index (κ3) is 3.24. The maximum absolute atomic E-state index is 10.3. The quantitative estimate of drug-likeness (QED) is 0.520. The lowest BCUT2D eigenvalue weighted by molar-refractivity contribution is 0.0617.